The number of hydrogen-bond acceptors (Lipinski definition) is 12. The number of hydrazone groups is 2. The van der Waals surface area contributed by atoms with Crippen molar-refractivity contribution in [3.8, 4) is 11.5 Å². The van der Waals surface area contributed by atoms with E-state index in [4.69, 9.17) is 27.9 Å². The first-order valence-electron chi connectivity index (χ1n) is 17.4. The minimum atomic E-state index is -0.321. The normalized spacial score (nSPS) is 15.9. The number of aromatic hydroxyl groups is 2. The number of carbonyl (C=O) groups is 2. The van der Waals surface area contributed by atoms with Crippen molar-refractivity contribution in [2.45, 2.75) is 23.6 Å². The van der Waals surface area contributed by atoms with Crippen LogP contribution in [0.2, 0.25) is 10.0 Å². The summed E-state index contributed by atoms with van der Waals surface area (Å²) in [7, 11) is 2.12. The monoisotopic (exact) mass is 823 g/mol. The van der Waals surface area contributed by atoms with Crippen LogP contribution >= 0.6 is 47.1 Å². The lowest BCUT2D eigenvalue weighted by Crippen LogP contribution is -2.40. The van der Waals surface area contributed by atoms with E-state index in [0.29, 0.717) is 43.7 Å². The molecule has 0 spiro atoms. The van der Waals surface area contributed by atoms with Gasteiger partial charge in [0, 0.05) is 81.4 Å². The Morgan fingerprint density at radius 3 is 1.73 bits per heavy atom. The van der Waals surface area contributed by atoms with E-state index in [-0.39, 0.29) is 23.3 Å². The number of nitrogens with zero attached hydrogens (tertiary/aromatic N) is 5. The lowest BCUT2D eigenvalue weighted by Gasteiger charge is -2.31. The molecule has 0 unspecified atom stereocenters. The van der Waals surface area contributed by atoms with Gasteiger partial charge in [0.2, 0.25) is 0 Å². The molecule has 55 heavy (non-hydrogen) atoms. The van der Waals surface area contributed by atoms with Gasteiger partial charge in [0.1, 0.15) is 11.5 Å². The summed E-state index contributed by atoms with van der Waals surface area (Å²) < 4.78 is 9.88. The first kappa shape index (κ1) is 42.0. The second kappa shape index (κ2) is 20.7. The van der Waals surface area contributed by atoms with Crippen molar-refractivity contribution in [3.63, 3.8) is 0 Å². The molecule has 0 saturated carbocycles. The molecule has 2 aliphatic heterocycles. The second-order valence-corrected chi connectivity index (χ2v) is 15.8. The third-order valence-electron chi connectivity index (χ3n) is 8.46. The molecule has 4 aromatic rings. The fourth-order valence-electron chi connectivity index (χ4n) is 5.29. The summed E-state index contributed by atoms with van der Waals surface area (Å²) in [5.41, 5.74) is 7.97. The molecule has 0 atom stereocenters. The van der Waals surface area contributed by atoms with Crippen LogP contribution in [0.3, 0.4) is 0 Å². The number of benzene rings is 4. The number of phenols is 2. The van der Waals surface area contributed by atoms with Crippen LogP contribution < -0.4 is 10.9 Å². The van der Waals surface area contributed by atoms with Crippen molar-refractivity contribution >= 4 is 70.3 Å². The Labute approximate surface area is 339 Å². The fourth-order valence-corrected chi connectivity index (χ4v) is 7.49. The smallest absolute Gasteiger partial charge is 0.271 e. The molecule has 2 amide bonds. The molecule has 16 heteroatoms. The SMILES string of the molecule is C/C(=N\NC(=O)c1ccc(SN2CCOCC2)cc1)c1cc(Cl)ccc1O.C/C(=N\NC(=O)c1cccc(SN2CCN(C)CC2)c1)c1cc(Cl)ccc1O. The van der Waals surface area contributed by atoms with E-state index in [0.717, 1.165) is 62.3 Å². The molecule has 6 rings (SSSR count). The van der Waals surface area contributed by atoms with Gasteiger partial charge in [0.25, 0.3) is 11.8 Å². The Bertz CT molecular complexity index is 2010. The molecular formula is C39H43Cl2N7O5S2. The highest BCUT2D eigenvalue weighted by atomic mass is 35.5. The fraction of sp³-hybridized carbons (Fsp3) is 0.282. The number of rotatable bonds is 10. The van der Waals surface area contributed by atoms with Gasteiger partial charge in [-0.3, -0.25) is 9.59 Å². The molecule has 2 saturated heterocycles. The quantitative estimate of drug-likeness (QED) is 0.0751. The highest BCUT2D eigenvalue weighted by molar-refractivity contribution is 7.97. The topological polar surface area (TPSA) is 142 Å². The molecule has 2 heterocycles. The number of amides is 2. The lowest BCUT2D eigenvalue weighted by atomic mass is 10.1. The molecule has 2 fully saturated rings. The van der Waals surface area contributed by atoms with Crippen molar-refractivity contribution < 1.29 is 24.5 Å². The molecule has 4 N–H and O–H groups in total. The number of nitrogens with one attached hydrogen (secondary N) is 2. The first-order chi connectivity index (χ1) is 26.4. The molecule has 0 bridgehead atoms. The minimum absolute atomic E-state index is 0.0550. The first-order valence-corrected chi connectivity index (χ1v) is 19.7. The van der Waals surface area contributed by atoms with Crippen molar-refractivity contribution in [2.24, 2.45) is 10.2 Å². The Balaban J connectivity index is 0.000000211. The van der Waals surface area contributed by atoms with Gasteiger partial charge in [-0.15, -0.1) is 0 Å². The number of morpholine rings is 1. The molecule has 0 aromatic heterocycles. The maximum absolute atomic E-state index is 12.5. The zero-order valence-electron chi connectivity index (χ0n) is 30.7. The van der Waals surface area contributed by atoms with Gasteiger partial charge in [0.15, 0.2) is 0 Å². The van der Waals surface area contributed by atoms with Gasteiger partial charge in [-0.2, -0.15) is 10.2 Å². The number of phenolic OH excluding ortho intramolecular Hbond substituents is 2. The van der Waals surface area contributed by atoms with Gasteiger partial charge in [-0.1, -0.05) is 29.3 Å². The average molecular weight is 825 g/mol. The molecule has 4 aromatic carbocycles. The van der Waals surface area contributed by atoms with Gasteiger partial charge in [0.05, 0.1) is 24.6 Å². The standard InChI is InChI=1S/C20H23ClN4O2S.C19H20ClN3O3S/c1-14(18-13-16(21)6-7-19(18)26)22-23-20(27)15-4-3-5-17(12-15)28-25-10-8-24(2)9-11-25;1-13(17-12-15(20)4-7-18(17)24)21-22-19(25)14-2-5-16(6-3-14)27-23-8-10-26-11-9-23/h3-7,12-13,26H,8-11H2,1-2H3,(H,23,27);2-7,12,24H,8-11H2,1H3,(H,22,25)/b22-14+;21-13+. The van der Waals surface area contributed by atoms with E-state index < -0.39 is 0 Å². The zero-order chi connectivity index (χ0) is 39.3. The number of likely N-dealkylation sites (N-methyl/N-ethyl adjacent to an activating group) is 1. The van der Waals surface area contributed by atoms with Gasteiger partial charge in [-0.05, 0) is 124 Å². The zero-order valence-corrected chi connectivity index (χ0v) is 33.8. The summed E-state index contributed by atoms with van der Waals surface area (Å²) in [6, 6.07) is 24.2. The summed E-state index contributed by atoms with van der Waals surface area (Å²) >= 11 is 15.2. The van der Waals surface area contributed by atoms with Crippen LogP contribution in [-0.2, 0) is 4.74 Å². The third-order valence-corrected chi connectivity index (χ3v) is 11.1. The van der Waals surface area contributed by atoms with Crippen molar-refractivity contribution in [2.75, 3.05) is 59.5 Å². The summed E-state index contributed by atoms with van der Waals surface area (Å²) in [4.78, 5) is 29.2. The molecule has 12 nitrogen and oxygen atoms in total. The Hall–Kier alpha value is -4.12. The lowest BCUT2D eigenvalue weighted by molar-refractivity contribution is 0.0773. The van der Waals surface area contributed by atoms with E-state index in [1.165, 1.54) is 12.1 Å². The summed E-state index contributed by atoms with van der Waals surface area (Å²) in [6.45, 7) is 10.7. The van der Waals surface area contributed by atoms with Gasteiger partial charge >= 0.3 is 0 Å². The van der Waals surface area contributed by atoms with Crippen LogP contribution in [0.15, 0.2) is 105 Å². The van der Waals surface area contributed by atoms with Crippen molar-refractivity contribution in [1.29, 1.82) is 0 Å². The van der Waals surface area contributed by atoms with Crippen LogP contribution in [0.4, 0.5) is 0 Å². The van der Waals surface area contributed by atoms with E-state index >= 15 is 0 Å². The maximum atomic E-state index is 12.5. The number of hydrogen-bond donors (Lipinski definition) is 4. The highest BCUT2D eigenvalue weighted by Crippen LogP contribution is 2.26. The van der Waals surface area contributed by atoms with Crippen LogP contribution in [-0.4, -0.2) is 106 Å². The van der Waals surface area contributed by atoms with Crippen molar-refractivity contribution in [1.82, 2.24) is 24.4 Å². The van der Waals surface area contributed by atoms with Crippen LogP contribution in [0, 0.1) is 0 Å². The van der Waals surface area contributed by atoms with E-state index in [1.54, 1.807) is 80.2 Å². The summed E-state index contributed by atoms with van der Waals surface area (Å²) in [6.07, 6.45) is 0. The second-order valence-electron chi connectivity index (χ2n) is 12.6. The number of halogens is 2. The highest BCUT2D eigenvalue weighted by Gasteiger charge is 2.16. The Kier molecular flexibility index (Phi) is 15.8. The molecule has 0 radical (unpaired) electrons. The van der Waals surface area contributed by atoms with Crippen LogP contribution in [0.5, 0.6) is 11.5 Å². The maximum Gasteiger partial charge on any atom is 0.271 e. The summed E-state index contributed by atoms with van der Waals surface area (Å²) in [5.74, 6) is -0.509. The van der Waals surface area contributed by atoms with Crippen molar-refractivity contribution in [3.05, 3.63) is 117 Å². The molecule has 290 valence electrons. The van der Waals surface area contributed by atoms with Crippen LogP contribution in [0.25, 0.3) is 0 Å². The molecule has 2 aliphatic rings. The van der Waals surface area contributed by atoms with E-state index in [2.05, 4.69) is 41.6 Å². The Morgan fingerprint density at radius 2 is 1.16 bits per heavy atom. The number of carbonyl (C=O) groups excluding carboxylic acids is 2. The average Bonchev–Trinajstić information content (AvgIpc) is 3.19. The Morgan fingerprint density at radius 1 is 0.655 bits per heavy atom. The van der Waals surface area contributed by atoms with Gasteiger partial charge in [-0.25, -0.2) is 19.5 Å². The number of ether oxygens (including phenoxy) is 1. The number of piperazine rings is 1. The molecular weight excluding hydrogens is 782 g/mol. The van der Waals surface area contributed by atoms with Crippen LogP contribution in [0.1, 0.15) is 45.7 Å². The minimum Gasteiger partial charge on any atom is -0.507 e. The third kappa shape index (κ3) is 13.0. The summed E-state index contributed by atoms with van der Waals surface area (Å²) in [5, 5.41) is 29.0. The predicted octanol–water partition coefficient (Wildman–Crippen LogP) is 6.99. The van der Waals surface area contributed by atoms with E-state index in [9.17, 15) is 19.8 Å². The van der Waals surface area contributed by atoms with E-state index in [1.807, 2.05) is 30.3 Å². The predicted molar refractivity (Wildman–Crippen MR) is 222 cm³/mol. The molecule has 0 aliphatic carbocycles. The largest absolute Gasteiger partial charge is 0.507 e. The van der Waals surface area contributed by atoms with Gasteiger partial charge < -0.3 is 19.8 Å².